The molecule has 0 spiro atoms. The molecule has 0 radical (unpaired) electrons. The number of carbonyl (C=O) groups is 2. The molecule has 0 bridgehead atoms. The van der Waals surface area contributed by atoms with Crippen LogP contribution in [0.2, 0.25) is 0 Å². The first kappa shape index (κ1) is 13.3. The second-order valence-corrected chi connectivity index (χ2v) is 5.10. The molecule has 7 heteroatoms. The van der Waals surface area contributed by atoms with Gasteiger partial charge in [0, 0.05) is 17.0 Å². The van der Waals surface area contributed by atoms with Gasteiger partial charge in [0.15, 0.2) is 0 Å². The molecule has 1 saturated heterocycles. The SMILES string of the molecule is C=C1NNC(=O)[C@H]1CC(=O)NN=Cc1sccc1C. The zero-order valence-corrected chi connectivity index (χ0v) is 11.2. The van der Waals surface area contributed by atoms with E-state index in [2.05, 4.69) is 28.0 Å². The minimum absolute atomic E-state index is 0.0262. The lowest BCUT2D eigenvalue weighted by Gasteiger charge is -2.05. The first-order valence-electron chi connectivity index (χ1n) is 5.68. The standard InChI is InChI=1S/C12H14N4O2S/c1-7-3-4-19-10(7)6-13-15-11(17)5-9-8(2)14-16-12(9)18/h3-4,6,9,14H,2,5H2,1H3,(H,15,17)(H,16,18)/t9-/m0/s1. The van der Waals surface area contributed by atoms with Crippen molar-refractivity contribution in [3.63, 3.8) is 0 Å². The summed E-state index contributed by atoms with van der Waals surface area (Å²) in [5.41, 5.74) is 9.02. The Morgan fingerprint density at radius 2 is 2.42 bits per heavy atom. The first-order valence-corrected chi connectivity index (χ1v) is 6.56. The van der Waals surface area contributed by atoms with Crippen LogP contribution in [-0.2, 0) is 9.59 Å². The van der Waals surface area contributed by atoms with Gasteiger partial charge >= 0.3 is 0 Å². The van der Waals surface area contributed by atoms with Gasteiger partial charge in [0.2, 0.25) is 11.8 Å². The first-order chi connectivity index (χ1) is 9.08. The van der Waals surface area contributed by atoms with E-state index in [-0.39, 0.29) is 18.2 Å². The average Bonchev–Trinajstić information content (AvgIpc) is 2.90. The molecule has 1 aromatic rings. The number of amides is 2. The third kappa shape index (κ3) is 3.19. The highest BCUT2D eigenvalue weighted by Crippen LogP contribution is 2.15. The minimum Gasteiger partial charge on any atom is -0.302 e. The maximum Gasteiger partial charge on any atom is 0.247 e. The van der Waals surface area contributed by atoms with Gasteiger partial charge in [-0.3, -0.25) is 15.0 Å². The van der Waals surface area contributed by atoms with E-state index in [1.54, 1.807) is 17.6 Å². The van der Waals surface area contributed by atoms with Crippen LogP contribution in [0.15, 0.2) is 28.8 Å². The summed E-state index contributed by atoms with van der Waals surface area (Å²) in [5.74, 6) is -1.12. The maximum absolute atomic E-state index is 11.6. The van der Waals surface area contributed by atoms with E-state index in [0.717, 1.165) is 10.4 Å². The van der Waals surface area contributed by atoms with Gasteiger partial charge in [0.1, 0.15) is 0 Å². The van der Waals surface area contributed by atoms with E-state index >= 15 is 0 Å². The van der Waals surface area contributed by atoms with E-state index in [0.29, 0.717) is 5.70 Å². The van der Waals surface area contributed by atoms with Crippen molar-refractivity contribution in [2.24, 2.45) is 11.0 Å². The smallest absolute Gasteiger partial charge is 0.247 e. The summed E-state index contributed by atoms with van der Waals surface area (Å²) < 4.78 is 0. The van der Waals surface area contributed by atoms with E-state index in [1.807, 2.05) is 18.4 Å². The van der Waals surface area contributed by atoms with Crippen molar-refractivity contribution >= 4 is 29.4 Å². The van der Waals surface area contributed by atoms with Crippen molar-refractivity contribution in [1.82, 2.24) is 16.3 Å². The molecule has 1 aromatic heterocycles. The number of aryl methyl sites for hydroxylation is 1. The fourth-order valence-electron chi connectivity index (χ4n) is 1.60. The second kappa shape index (κ2) is 5.66. The predicted molar refractivity (Wildman–Crippen MR) is 73.3 cm³/mol. The Bertz CT molecular complexity index is 534. The van der Waals surface area contributed by atoms with Crippen molar-refractivity contribution in [2.75, 3.05) is 0 Å². The number of nitrogens with one attached hydrogen (secondary N) is 3. The summed E-state index contributed by atoms with van der Waals surface area (Å²) in [7, 11) is 0. The van der Waals surface area contributed by atoms with Gasteiger partial charge in [0.05, 0.1) is 12.1 Å². The Kier molecular flexibility index (Phi) is 3.96. The third-order valence-electron chi connectivity index (χ3n) is 2.75. The number of thiophene rings is 1. The molecule has 1 aliphatic heterocycles. The van der Waals surface area contributed by atoms with Crippen LogP contribution in [0.4, 0.5) is 0 Å². The third-order valence-corrected chi connectivity index (χ3v) is 3.70. The summed E-state index contributed by atoms with van der Waals surface area (Å²) >= 11 is 1.55. The summed E-state index contributed by atoms with van der Waals surface area (Å²) in [6.07, 6.45) is 1.62. The summed E-state index contributed by atoms with van der Waals surface area (Å²) in [6, 6.07) is 1.98. The molecule has 2 rings (SSSR count). The molecule has 0 aromatic carbocycles. The van der Waals surface area contributed by atoms with Gasteiger partial charge in [-0.05, 0) is 23.9 Å². The molecule has 100 valence electrons. The van der Waals surface area contributed by atoms with Gasteiger partial charge in [-0.1, -0.05) is 6.58 Å². The number of hydrogen-bond acceptors (Lipinski definition) is 5. The van der Waals surface area contributed by atoms with Crippen molar-refractivity contribution in [2.45, 2.75) is 13.3 Å². The Morgan fingerprint density at radius 1 is 1.63 bits per heavy atom. The number of carbonyl (C=O) groups excluding carboxylic acids is 2. The molecule has 1 fully saturated rings. The van der Waals surface area contributed by atoms with E-state index in [9.17, 15) is 9.59 Å². The average molecular weight is 278 g/mol. The Labute approximate surface area is 114 Å². The lowest BCUT2D eigenvalue weighted by molar-refractivity contribution is -0.127. The van der Waals surface area contributed by atoms with Crippen molar-refractivity contribution in [3.05, 3.63) is 34.2 Å². The number of hydrazine groups is 1. The van der Waals surface area contributed by atoms with Crippen LogP contribution in [0, 0.1) is 12.8 Å². The Balaban J connectivity index is 1.85. The number of nitrogens with zero attached hydrogens (tertiary/aromatic N) is 1. The Morgan fingerprint density at radius 3 is 3.00 bits per heavy atom. The molecule has 2 amide bonds. The second-order valence-electron chi connectivity index (χ2n) is 4.16. The lowest BCUT2D eigenvalue weighted by atomic mass is 10.0. The fourth-order valence-corrected chi connectivity index (χ4v) is 2.39. The molecule has 19 heavy (non-hydrogen) atoms. The van der Waals surface area contributed by atoms with E-state index in [4.69, 9.17) is 0 Å². The van der Waals surface area contributed by atoms with Crippen molar-refractivity contribution in [3.8, 4) is 0 Å². The maximum atomic E-state index is 11.6. The predicted octanol–water partition coefficient (Wildman–Crippen LogP) is 0.661. The topological polar surface area (TPSA) is 82.6 Å². The summed E-state index contributed by atoms with van der Waals surface area (Å²) in [4.78, 5) is 24.0. The molecule has 0 unspecified atom stereocenters. The van der Waals surface area contributed by atoms with Gasteiger partial charge in [-0.2, -0.15) is 5.10 Å². The zero-order valence-electron chi connectivity index (χ0n) is 10.4. The largest absolute Gasteiger partial charge is 0.302 e. The summed E-state index contributed by atoms with van der Waals surface area (Å²) in [5, 5.41) is 5.83. The van der Waals surface area contributed by atoms with Gasteiger partial charge < -0.3 is 5.43 Å². The van der Waals surface area contributed by atoms with Crippen LogP contribution >= 0.6 is 11.3 Å². The normalized spacial score (nSPS) is 18.5. The van der Waals surface area contributed by atoms with E-state index < -0.39 is 5.92 Å². The molecular weight excluding hydrogens is 264 g/mol. The van der Waals surface area contributed by atoms with Gasteiger partial charge in [-0.25, -0.2) is 5.43 Å². The van der Waals surface area contributed by atoms with Crippen LogP contribution in [0.25, 0.3) is 0 Å². The number of hydrogen-bond donors (Lipinski definition) is 3. The van der Waals surface area contributed by atoms with Crippen LogP contribution in [0.3, 0.4) is 0 Å². The summed E-state index contributed by atoms with van der Waals surface area (Å²) in [6.45, 7) is 5.63. The monoisotopic (exact) mass is 278 g/mol. The molecule has 6 nitrogen and oxygen atoms in total. The van der Waals surface area contributed by atoms with Crippen LogP contribution in [0.5, 0.6) is 0 Å². The van der Waals surface area contributed by atoms with Crippen LogP contribution < -0.4 is 16.3 Å². The highest BCUT2D eigenvalue weighted by Gasteiger charge is 2.29. The quantitative estimate of drug-likeness (QED) is 0.559. The highest BCUT2D eigenvalue weighted by atomic mass is 32.1. The molecule has 0 saturated carbocycles. The zero-order chi connectivity index (χ0) is 13.8. The minimum atomic E-state index is -0.543. The number of rotatable bonds is 4. The molecule has 3 N–H and O–H groups in total. The van der Waals surface area contributed by atoms with Crippen LogP contribution in [-0.4, -0.2) is 18.0 Å². The molecular formula is C12H14N4O2S. The molecule has 2 heterocycles. The molecule has 0 aliphatic carbocycles. The molecule has 1 atom stereocenters. The fraction of sp³-hybridized carbons (Fsp3) is 0.250. The van der Waals surface area contributed by atoms with Crippen molar-refractivity contribution < 1.29 is 9.59 Å². The van der Waals surface area contributed by atoms with Gasteiger partial charge in [0.25, 0.3) is 0 Å². The lowest BCUT2D eigenvalue weighted by Crippen LogP contribution is -2.27. The Hall–Kier alpha value is -2.15. The number of hydrazone groups is 1. The van der Waals surface area contributed by atoms with E-state index in [1.165, 1.54) is 0 Å². The van der Waals surface area contributed by atoms with Gasteiger partial charge in [-0.15, -0.1) is 11.3 Å². The van der Waals surface area contributed by atoms with Crippen LogP contribution in [0.1, 0.15) is 16.9 Å². The van der Waals surface area contributed by atoms with Crippen molar-refractivity contribution in [1.29, 1.82) is 0 Å². The molecule has 1 aliphatic rings. The highest BCUT2D eigenvalue weighted by molar-refractivity contribution is 7.11.